The van der Waals surface area contributed by atoms with Crippen LogP contribution in [0.5, 0.6) is 0 Å². The van der Waals surface area contributed by atoms with Crippen molar-refractivity contribution in [3.8, 4) is 22.5 Å². The van der Waals surface area contributed by atoms with E-state index in [9.17, 15) is 4.39 Å². The standard InChI is InChI=1S/C23H20FN7O/c24-16-4-1-14(2-5-16)19-20(15-3-6-17-18(13-15)28-23(25)27-17)31-8-7-26-21(22(31)29-19)30-9-11-32-12-10-30/h1-8,13H,9-12H2,(H3,25,27,28). The average Bonchev–Trinajstić information content (AvgIpc) is 3.39. The molecule has 0 radical (unpaired) electrons. The van der Waals surface area contributed by atoms with E-state index in [1.165, 1.54) is 12.1 Å². The maximum absolute atomic E-state index is 13.6. The van der Waals surface area contributed by atoms with E-state index in [1.807, 2.05) is 28.8 Å². The molecule has 6 rings (SSSR count). The monoisotopic (exact) mass is 429 g/mol. The van der Waals surface area contributed by atoms with Crippen LogP contribution in [-0.2, 0) is 4.74 Å². The van der Waals surface area contributed by atoms with Gasteiger partial charge in [-0.3, -0.25) is 4.40 Å². The number of imidazole rings is 2. The highest BCUT2D eigenvalue weighted by molar-refractivity contribution is 5.89. The van der Waals surface area contributed by atoms with Crippen LogP contribution in [0.4, 0.5) is 16.2 Å². The minimum absolute atomic E-state index is 0.289. The lowest BCUT2D eigenvalue weighted by Gasteiger charge is -2.27. The number of H-pyrrole nitrogens is 1. The number of nitrogens with two attached hydrogens (primary N) is 1. The van der Waals surface area contributed by atoms with Crippen molar-refractivity contribution in [1.29, 1.82) is 0 Å². The summed E-state index contributed by atoms with van der Waals surface area (Å²) in [5.41, 5.74) is 11.6. The normalized spacial score (nSPS) is 14.5. The minimum Gasteiger partial charge on any atom is -0.378 e. The number of hydrogen-bond acceptors (Lipinski definition) is 6. The lowest BCUT2D eigenvalue weighted by atomic mass is 10.0. The fourth-order valence-corrected chi connectivity index (χ4v) is 4.22. The molecule has 0 bridgehead atoms. The highest BCUT2D eigenvalue weighted by Gasteiger charge is 2.22. The van der Waals surface area contributed by atoms with Gasteiger partial charge in [0.2, 0.25) is 0 Å². The third-order valence-corrected chi connectivity index (χ3v) is 5.73. The van der Waals surface area contributed by atoms with Crippen molar-refractivity contribution in [2.75, 3.05) is 36.9 Å². The number of rotatable bonds is 3. The van der Waals surface area contributed by atoms with E-state index >= 15 is 0 Å². The quantitative estimate of drug-likeness (QED) is 0.456. The van der Waals surface area contributed by atoms with Crippen LogP contribution < -0.4 is 10.6 Å². The molecular weight excluding hydrogens is 409 g/mol. The Bertz CT molecular complexity index is 1430. The van der Waals surface area contributed by atoms with Crippen molar-refractivity contribution in [1.82, 2.24) is 24.3 Å². The number of halogens is 1. The van der Waals surface area contributed by atoms with Gasteiger partial charge in [0, 0.05) is 36.6 Å². The first-order chi connectivity index (χ1) is 15.7. The summed E-state index contributed by atoms with van der Waals surface area (Å²) in [5, 5.41) is 0. The lowest BCUT2D eigenvalue weighted by Crippen LogP contribution is -2.37. The molecule has 0 saturated carbocycles. The molecule has 1 aliphatic rings. The Kier molecular flexibility index (Phi) is 4.29. The topological polar surface area (TPSA) is 97.4 Å². The number of aromatic nitrogens is 5. The van der Waals surface area contributed by atoms with Gasteiger partial charge < -0.3 is 20.4 Å². The van der Waals surface area contributed by atoms with E-state index in [1.54, 1.807) is 18.3 Å². The maximum atomic E-state index is 13.6. The molecule has 0 aliphatic carbocycles. The van der Waals surface area contributed by atoms with Crippen LogP contribution in [0.1, 0.15) is 0 Å². The van der Waals surface area contributed by atoms with Crippen molar-refractivity contribution < 1.29 is 9.13 Å². The number of ether oxygens (including phenoxy) is 1. The van der Waals surface area contributed by atoms with Gasteiger partial charge in [0.1, 0.15) is 5.82 Å². The molecule has 3 N–H and O–H groups in total. The third-order valence-electron chi connectivity index (χ3n) is 5.73. The molecule has 1 saturated heterocycles. The summed E-state index contributed by atoms with van der Waals surface area (Å²) in [4.78, 5) is 19.2. The average molecular weight is 429 g/mol. The van der Waals surface area contributed by atoms with Crippen LogP contribution in [-0.4, -0.2) is 50.6 Å². The molecular formula is C23H20FN7O. The molecule has 32 heavy (non-hydrogen) atoms. The zero-order valence-electron chi connectivity index (χ0n) is 17.1. The van der Waals surface area contributed by atoms with E-state index in [-0.39, 0.29) is 5.82 Å². The van der Waals surface area contributed by atoms with Crippen LogP contribution >= 0.6 is 0 Å². The van der Waals surface area contributed by atoms with Gasteiger partial charge in [-0.15, -0.1) is 0 Å². The zero-order chi connectivity index (χ0) is 21.7. The highest BCUT2D eigenvalue weighted by atomic mass is 19.1. The van der Waals surface area contributed by atoms with Crippen molar-refractivity contribution in [2.24, 2.45) is 0 Å². The Morgan fingerprint density at radius 3 is 2.59 bits per heavy atom. The van der Waals surface area contributed by atoms with Gasteiger partial charge in [-0.25, -0.2) is 19.3 Å². The van der Waals surface area contributed by atoms with Crippen molar-refractivity contribution in [2.45, 2.75) is 0 Å². The van der Waals surface area contributed by atoms with Crippen molar-refractivity contribution in [3.63, 3.8) is 0 Å². The predicted octanol–water partition coefficient (Wildman–Crippen LogP) is 3.50. The first-order valence-corrected chi connectivity index (χ1v) is 10.4. The summed E-state index contributed by atoms with van der Waals surface area (Å²) in [6, 6.07) is 12.3. The number of fused-ring (bicyclic) bond motifs is 2. The Labute approximate surface area is 182 Å². The van der Waals surface area contributed by atoms with Gasteiger partial charge >= 0.3 is 0 Å². The molecule has 5 aromatic rings. The molecule has 1 aliphatic heterocycles. The summed E-state index contributed by atoms with van der Waals surface area (Å²) in [7, 11) is 0. The molecule has 0 unspecified atom stereocenters. The van der Waals surface area contributed by atoms with Gasteiger partial charge in [0.15, 0.2) is 17.4 Å². The van der Waals surface area contributed by atoms with Gasteiger partial charge in [0.25, 0.3) is 0 Å². The predicted molar refractivity (Wildman–Crippen MR) is 121 cm³/mol. The molecule has 0 atom stereocenters. The summed E-state index contributed by atoms with van der Waals surface area (Å²) in [5.74, 6) is 0.881. The van der Waals surface area contributed by atoms with E-state index < -0.39 is 0 Å². The van der Waals surface area contributed by atoms with Crippen molar-refractivity contribution >= 4 is 28.4 Å². The van der Waals surface area contributed by atoms with Crippen LogP contribution in [0.3, 0.4) is 0 Å². The number of anilines is 2. The Balaban J connectivity index is 1.61. The molecule has 8 nitrogen and oxygen atoms in total. The molecule has 9 heteroatoms. The zero-order valence-corrected chi connectivity index (χ0v) is 17.1. The minimum atomic E-state index is -0.289. The second-order valence-corrected chi connectivity index (χ2v) is 7.71. The van der Waals surface area contributed by atoms with Crippen LogP contribution in [0, 0.1) is 5.82 Å². The second kappa shape index (κ2) is 7.31. The summed E-state index contributed by atoms with van der Waals surface area (Å²) < 4.78 is 21.2. The summed E-state index contributed by atoms with van der Waals surface area (Å²) in [6.07, 6.45) is 3.68. The van der Waals surface area contributed by atoms with Gasteiger partial charge in [-0.2, -0.15) is 0 Å². The van der Waals surface area contributed by atoms with Crippen LogP contribution in [0.25, 0.3) is 39.2 Å². The molecule has 160 valence electrons. The number of hydrogen-bond donors (Lipinski definition) is 2. The summed E-state index contributed by atoms with van der Waals surface area (Å²) in [6.45, 7) is 2.80. The number of benzene rings is 2. The lowest BCUT2D eigenvalue weighted by molar-refractivity contribution is 0.122. The molecule has 0 amide bonds. The fourth-order valence-electron chi connectivity index (χ4n) is 4.22. The second-order valence-electron chi connectivity index (χ2n) is 7.71. The third kappa shape index (κ3) is 3.05. The maximum Gasteiger partial charge on any atom is 0.198 e. The van der Waals surface area contributed by atoms with Gasteiger partial charge in [0.05, 0.1) is 35.6 Å². The Hall–Kier alpha value is -3.98. The van der Waals surface area contributed by atoms with E-state index in [4.69, 9.17) is 15.5 Å². The first kappa shape index (κ1) is 18.8. The van der Waals surface area contributed by atoms with E-state index in [0.717, 1.165) is 58.1 Å². The molecule has 2 aromatic carbocycles. The highest BCUT2D eigenvalue weighted by Crippen LogP contribution is 2.36. The number of nitrogens with one attached hydrogen (secondary N) is 1. The SMILES string of the molecule is Nc1nc2cc(-c3c(-c4ccc(F)cc4)nc4c(N5CCOCC5)nccn34)ccc2[nH]1. The number of aromatic amines is 1. The Morgan fingerprint density at radius 1 is 1.00 bits per heavy atom. The number of nitrogen functional groups attached to an aromatic ring is 1. The van der Waals surface area contributed by atoms with Gasteiger partial charge in [-0.1, -0.05) is 6.07 Å². The van der Waals surface area contributed by atoms with Crippen molar-refractivity contribution in [3.05, 3.63) is 60.7 Å². The smallest absolute Gasteiger partial charge is 0.198 e. The number of morpholine rings is 1. The Morgan fingerprint density at radius 2 is 1.78 bits per heavy atom. The first-order valence-electron chi connectivity index (χ1n) is 10.4. The van der Waals surface area contributed by atoms with Crippen LogP contribution in [0.15, 0.2) is 54.9 Å². The molecule has 0 spiro atoms. The number of nitrogens with zero attached hydrogens (tertiary/aromatic N) is 5. The molecule has 3 aromatic heterocycles. The van der Waals surface area contributed by atoms with E-state index in [0.29, 0.717) is 19.2 Å². The van der Waals surface area contributed by atoms with E-state index in [2.05, 4.69) is 19.9 Å². The fraction of sp³-hybridized carbons (Fsp3) is 0.174. The molecule has 4 heterocycles. The van der Waals surface area contributed by atoms with Crippen LogP contribution in [0.2, 0.25) is 0 Å². The van der Waals surface area contributed by atoms with Gasteiger partial charge in [-0.05, 0) is 36.4 Å². The summed E-state index contributed by atoms with van der Waals surface area (Å²) >= 11 is 0. The molecule has 1 fully saturated rings. The largest absolute Gasteiger partial charge is 0.378 e.